The molecule has 1 aromatic heterocycles. The molecule has 2 nitrogen and oxygen atoms in total. The number of rotatable bonds is 4. The highest BCUT2D eigenvalue weighted by Gasteiger charge is 2.16. The number of nitrogens with zero attached hydrogens (tertiary/aromatic N) is 2. The topological polar surface area (TPSA) is 17.8 Å². The van der Waals surface area contributed by atoms with E-state index < -0.39 is 0 Å². The van der Waals surface area contributed by atoms with Gasteiger partial charge in [-0.3, -0.25) is 0 Å². The van der Waals surface area contributed by atoms with Gasteiger partial charge in [0.25, 0.3) is 0 Å². The van der Waals surface area contributed by atoms with Crippen LogP contribution in [0.25, 0.3) is 11.0 Å². The van der Waals surface area contributed by atoms with Gasteiger partial charge in [-0.1, -0.05) is 6.92 Å². The van der Waals surface area contributed by atoms with Gasteiger partial charge >= 0.3 is 0 Å². The van der Waals surface area contributed by atoms with Crippen molar-refractivity contribution in [2.45, 2.75) is 31.0 Å². The van der Waals surface area contributed by atoms with Gasteiger partial charge in [0.05, 0.1) is 16.4 Å². The van der Waals surface area contributed by atoms with Crippen molar-refractivity contribution in [3.8, 4) is 0 Å². The number of benzene rings is 1. The molecule has 0 fully saturated rings. The lowest BCUT2D eigenvalue weighted by atomic mass is 10.3. The summed E-state index contributed by atoms with van der Waals surface area (Å²) in [6.07, 6.45) is 2.06. The minimum atomic E-state index is -0.241. The molecular formula is C13H16ClFN2S. The Bertz CT molecular complexity index is 553. The summed E-state index contributed by atoms with van der Waals surface area (Å²) in [5.74, 6) is 0.562. The molecule has 0 aliphatic heterocycles. The summed E-state index contributed by atoms with van der Waals surface area (Å²) in [5, 5.41) is 0.245. The summed E-state index contributed by atoms with van der Waals surface area (Å²) in [6.45, 7) is 4.81. The van der Waals surface area contributed by atoms with Crippen LogP contribution in [-0.4, -0.2) is 21.1 Å². The van der Waals surface area contributed by atoms with E-state index in [0.29, 0.717) is 5.25 Å². The van der Waals surface area contributed by atoms with E-state index in [1.54, 1.807) is 17.8 Å². The third kappa shape index (κ3) is 2.64. The summed E-state index contributed by atoms with van der Waals surface area (Å²) in [5.41, 5.74) is 1.62. The van der Waals surface area contributed by atoms with E-state index in [9.17, 15) is 4.39 Å². The van der Waals surface area contributed by atoms with E-state index in [-0.39, 0.29) is 11.2 Å². The Balaban J connectivity index is 2.57. The number of halogens is 2. The average Bonchev–Trinajstić information content (AvgIpc) is 2.67. The molecular weight excluding hydrogens is 271 g/mol. The zero-order valence-corrected chi connectivity index (χ0v) is 12.2. The fourth-order valence-electron chi connectivity index (χ4n) is 1.94. The largest absolute Gasteiger partial charge is 0.326 e. The minimum Gasteiger partial charge on any atom is -0.326 e. The lowest BCUT2D eigenvalue weighted by Crippen LogP contribution is -2.12. The molecule has 0 saturated carbocycles. The maximum absolute atomic E-state index is 13.4. The number of aromatic nitrogens is 2. The molecule has 0 radical (unpaired) electrons. The zero-order valence-electron chi connectivity index (χ0n) is 10.7. The monoisotopic (exact) mass is 286 g/mol. The van der Waals surface area contributed by atoms with E-state index in [1.807, 2.05) is 11.5 Å². The molecule has 2 aromatic rings. The predicted octanol–water partition coefficient (Wildman–Crippen LogP) is 4.23. The molecule has 0 spiro atoms. The van der Waals surface area contributed by atoms with Gasteiger partial charge in [-0.25, -0.2) is 9.37 Å². The molecule has 1 aromatic carbocycles. The van der Waals surface area contributed by atoms with Crippen molar-refractivity contribution in [1.29, 1.82) is 0 Å². The number of hydrogen-bond acceptors (Lipinski definition) is 2. The van der Waals surface area contributed by atoms with Crippen LogP contribution in [0.1, 0.15) is 25.0 Å². The van der Waals surface area contributed by atoms with Gasteiger partial charge in [0, 0.05) is 11.8 Å². The van der Waals surface area contributed by atoms with Crippen LogP contribution in [0.5, 0.6) is 0 Å². The van der Waals surface area contributed by atoms with Crippen LogP contribution in [0, 0.1) is 5.82 Å². The molecule has 18 heavy (non-hydrogen) atoms. The van der Waals surface area contributed by atoms with Crippen LogP contribution in [-0.2, 0) is 6.54 Å². The summed E-state index contributed by atoms with van der Waals surface area (Å²) in [6, 6.07) is 4.66. The average molecular weight is 287 g/mol. The number of fused-ring (bicyclic) bond motifs is 1. The minimum absolute atomic E-state index is 0.186. The highest BCUT2D eigenvalue weighted by atomic mass is 35.5. The number of alkyl halides is 1. The van der Waals surface area contributed by atoms with Crippen molar-refractivity contribution in [3.05, 3.63) is 29.8 Å². The maximum Gasteiger partial charge on any atom is 0.127 e. The van der Waals surface area contributed by atoms with Gasteiger partial charge in [-0.2, -0.15) is 11.8 Å². The van der Waals surface area contributed by atoms with Crippen molar-refractivity contribution in [1.82, 2.24) is 9.55 Å². The second-order valence-corrected chi connectivity index (χ2v) is 6.31. The zero-order chi connectivity index (χ0) is 13.3. The summed E-state index contributed by atoms with van der Waals surface area (Å²) >= 11 is 7.93. The second-order valence-electron chi connectivity index (χ2n) is 4.38. The molecule has 2 rings (SSSR count). The van der Waals surface area contributed by atoms with Crippen LogP contribution >= 0.6 is 23.4 Å². The highest BCUT2D eigenvalue weighted by Crippen LogP contribution is 2.26. The van der Waals surface area contributed by atoms with E-state index in [0.717, 1.165) is 23.4 Å². The van der Waals surface area contributed by atoms with Crippen molar-refractivity contribution < 1.29 is 4.39 Å². The fraction of sp³-hybridized carbons (Fsp3) is 0.462. The molecule has 0 aliphatic rings. The molecule has 0 amide bonds. The molecule has 1 heterocycles. The first-order chi connectivity index (χ1) is 8.52. The van der Waals surface area contributed by atoms with Crippen molar-refractivity contribution in [3.63, 3.8) is 0 Å². The van der Waals surface area contributed by atoms with E-state index in [4.69, 9.17) is 11.6 Å². The Morgan fingerprint density at radius 1 is 1.44 bits per heavy atom. The Labute approximate surface area is 116 Å². The lowest BCUT2D eigenvalue weighted by Gasteiger charge is -2.14. The molecule has 0 N–H and O–H groups in total. The first-order valence-corrected chi connectivity index (χ1v) is 7.58. The molecule has 0 saturated heterocycles. The molecule has 0 bridgehead atoms. The fourth-order valence-corrected chi connectivity index (χ4v) is 2.41. The van der Waals surface area contributed by atoms with Crippen LogP contribution < -0.4 is 0 Å². The normalized spacial score (nSPS) is 14.9. The Hall–Kier alpha value is -0.740. The molecule has 2 unspecified atom stereocenters. The van der Waals surface area contributed by atoms with Crippen LogP contribution in [0.2, 0.25) is 0 Å². The smallest absolute Gasteiger partial charge is 0.127 e. The van der Waals surface area contributed by atoms with Crippen LogP contribution in [0.3, 0.4) is 0 Å². The third-order valence-corrected chi connectivity index (χ3v) is 4.09. The first-order valence-electron chi connectivity index (χ1n) is 5.85. The van der Waals surface area contributed by atoms with Crippen LogP contribution in [0.4, 0.5) is 4.39 Å². The van der Waals surface area contributed by atoms with Gasteiger partial charge in [0.15, 0.2) is 0 Å². The van der Waals surface area contributed by atoms with Crippen LogP contribution in [0.15, 0.2) is 18.2 Å². The highest BCUT2D eigenvalue weighted by molar-refractivity contribution is 7.99. The molecule has 98 valence electrons. The van der Waals surface area contributed by atoms with Crippen molar-refractivity contribution in [2.75, 3.05) is 6.26 Å². The van der Waals surface area contributed by atoms with E-state index in [1.165, 1.54) is 12.1 Å². The summed E-state index contributed by atoms with van der Waals surface area (Å²) < 4.78 is 15.4. The Morgan fingerprint density at radius 2 is 2.17 bits per heavy atom. The lowest BCUT2D eigenvalue weighted by molar-refractivity contribution is 0.625. The SMILES string of the molecule is CSC(C)Cn1c(C(C)Cl)nc2ccc(F)cc21. The summed E-state index contributed by atoms with van der Waals surface area (Å²) in [7, 11) is 0. The van der Waals surface area contributed by atoms with Crippen molar-refractivity contribution in [2.24, 2.45) is 0 Å². The van der Waals surface area contributed by atoms with E-state index >= 15 is 0 Å². The molecule has 2 atom stereocenters. The predicted molar refractivity (Wildman–Crippen MR) is 76.9 cm³/mol. The first kappa shape index (κ1) is 13.7. The van der Waals surface area contributed by atoms with Gasteiger partial charge in [-0.15, -0.1) is 11.6 Å². The second kappa shape index (κ2) is 5.49. The molecule has 0 aliphatic carbocycles. The maximum atomic E-state index is 13.4. The number of hydrogen-bond donors (Lipinski definition) is 0. The summed E-state index contributed by atoms with van der Waals surface area (Å²) in [4.78, 5) is 4.50. The standard InChI is InChI=1S/C13H16ClFN2S/c1-8(18-3)7-17-12-6-10(15)4-5-11(12)16-13(17)9(2)14/h4-6,8-9H,7H2,1-3H3. The van der Waals surface area contributed by atoms with Crippen molar-refractivity contribution >= 4 is 34.4 Å². The number of imidazole rings is 1. The third-order valence-electron chi connectivity index (χ3n) is 2.94. The van der Waals surface area contributed by atoms with Gasteiger partial charge in [-0.05, 0) is 31.4 Å². The quantitative estimate of drug-likeness (QED) is 0.783. The van der Waals surface area contributed by atoms with Gasteiger partial charge in [0.1, 0.15) is 11.6 Å². The Kier molecular flexibility index (Phi) is 4.17. The van der Waals surface area contributed by atoms with E-state index in [2.05, 4.69) is 18.2 Å². The Morgan fingerprint density at radius 3 is 2.78 bits per heavy atom. The van der Waals surface area contributed by atoms with Gasteiger partial charge < -0.3 is 4.57 Å². The van der Waals surface area contributed by atoms with Gasteiger partial charge in [0.2, 0.25) is 0 Å². The molecule has 5 heteroatoms. The number of thioether (sulfide) groups is 1.